The fourth-order valence-corrected chi connectivity index (χ4v) is 5.36. The standard InChI is InChI=1S/C32H41FO8/c33-23-10-9-11-24(20-23)39-22-25(40-31-14-5-7-18-37-31)16-17-27-26(12-3-1-2-4-13-30(35)36)28(34)21-29(27)41-32-15-6-8-19-38-32/h2-3,9-11,16-17,20,25-27,29,31-32H,4-8,12-15,18-19,21-22H2,(H,35,36)/t1?,25?,26-,27-,29?,31?,32?/m1/s1. The summed E-state index contributed by atoms with van der Waals surface area (Å²) in [6.07, 6.45) is 12.6. The number of aliphatic carboxylic acids is 1. The monoisotopic (exact) mass is 572 g/mol. The predicted octanol–water partition coefficient (Wildman–Crippen LogP) is 5.76. The molecule has 1 aromatic carbocycles. The maximum atomic E-state index is 13.7. The molecule has 1 aliphatic carbocycles. The van der Waals surface area contributed by atoms with Crippen molar-refractivity contribution in [1.82, 2.24) is 0 Å². The molecule has 8 nitrogen and oxygen atoms in total. The summed E-state index contributed by atoms with van der Waals surface area (Å²) in [5.41, 5.74) is 3.02. The molecule has 2 aliphatic heterocycles. The number of carboxylic acid groups (broad SMARTS) is 1. The van der Waals surface area contributed by atoms with Crippen molar-refractivity contribution in [3.63, 3.8) is 0 Å². The Morgan fingerprint density at radius 1 is 1.12 bits per heavy atom. The number of hydrogen-bond acceptors (Lipinski definition) is 7. The van der Waals surface area contributed by atoms with Gasteiger partial charge in [-0.15, -0.1) is 5.73 Å². The second-order valence-electron chi connectivity index (χ2n) is 10.7. The van der Waals surface area contributed by atoms with Crippen molar-refractivity contribution in [2.45, 2.75) is 89.0 Å². The molecule has 1 N–H and O–H groups in total. The molecule has 6 atom stereocenters. The average Bonchev–Trinajstić information content (AvgIpc) is 3.26. The third kappa shape index (κ3) is 10.5. The molecule has 1 saturated carbocycles. The Bertz CT molecular complexity index is 1070. The summed E-state index contributed by atoms with van der Waals surface area (Å²) in [5, 5.41) is 8.82. The van der Waals surface area contributed by atoms with Gasteiger partial charge in [-0.3, -0.25) is 9.59 Å². The molecule has 0 bridgehead atoms. The maximum absolute atomic E-state index is 13.7. The number of hydrogen-bond donors (Lipinski definition) is 1. The number of ether oxygens (including phenoxy) is 5. The van der Waals surface area contributed by atoms with E-state index in [2.05, 4.69) is 5.73 Å². The number of halogens is 1. The normalized spacial score (nSPS) is 27.3. The average molecular weight is 573 g/mol. The number of rotatable bonds is 14. The van der Waals surface area contributed by atoms with Gasteiger partial charge < -0.3 is 28.8 Å². The van der Waals surface area contributed by atoms with E-state index in [4.69, 9.17) is 28.8 Å². The van der Waals surface area contributed by atoms with Crippen molar-refractivity contribution in [3.8, 4) is 5.75 Å². The molecule has 3 aliphatic rings. The molecule has 0 amide bonds. The molecule has 0 aromatic heterocycles. The van der Waals surface area contributed by atoms with E-state index in [-0.39, 0.29) is 61.6 Å². The molecule has 224 valence electrons. The fraction of sp³-hybridized carbons (Fsp3) is 0.594. The maximum Gasteiger partial charge on any atom is 0.303 e. The molecule has 0 spiro atoms. The first kappa shape index (κ1) is 31.1. The highest BCUT2D eigenvalue weighted by Gasteiger charge is 2.42. The molecule has 2 heterocycles. The van der Waals surface area contributed by atoms with Gasteiger partial charge in [0.25, 0.3) is 0 Å². The lowest BCUT2D eigenvalue weighted by Gasteiger charge is -2.29. The topological polar surface area (TPSA) is 101 Å². The first-order valence-electron chi connectivity index (χ1n) is 14.7. The van der Waals surface area contributed by atoms with Gasteiger partial charge in [-0.1, -0.05) is 18.2 Å². The minimum absolute atomic E-state index is 0.0374. The minimum Gasteiger partial charge on any atom is -0.490 e. The van der Waals surface area contributed by atoms with Gasteiger partial charge in [0.05, 0.1) is 6.10 Å². The van der Waals surface area contributed by atoms with Gasteiger partial charge in [-0.25, -0.2) is 4.39 Å². The minimum atomic E-state index is -0.860. The van der Waals surface area contributed by atoms with E-state index >= 15 is 0 Å². The zero-order valence-corrected chi connectivity index (χ0v) is 23.5. The van der Waals surface area contributed by atoms with Crippen molar-refractivity contribution in [2.24, 2.45) is 11.8 Å². The second-order valence-corrected chi connectivity index (χ2v) is 10.7. The molecule has 0 radical (unpaired) electrons. The molecule has 3 fully saturated rings. The number of ketones is 1. The van der Waals surface area contributed by atoms with E-state index in [1.165, 1.54) is 12.1 Å². The van der Waals surface area contributed by atoms with Crippen molar-refractivity contribution < 1.29 is 42.8 Å². The molecule has 4 unspecified atom stereocenters. The largest absolute Gasteiger partial charge is 0.490 e. The van der Waals surface area contributed by atoms with Crippen LogP contribution in [-0.4, -0.2) is 61.5 Å². The molecule has 2 saturated heterocycles. The smallest absolute Gasteiger partial charge is 0.303 e. The van der Waals surface area contributed by atoms with Gasteiger partial charge in [0.1, 0.15) is 30.1 Å². The van der Waals surface area contributed by atoms with Gasteiger partial charge in [0.2, 0.25) is 0 Å². The number of carbonyl (C=O) groups excluding carboxylic acids is 1. The Kier molecular flexibility index (Phi) is 12.6. The van der Waals surface area contributed by atoms with Crippen molar-refractivity contribution in [1.29, 1.82) is 0 Å². The highest BCUT2D eigenvalue weighted by molar-refractivity contribution is 5.85. The van der Waals surface area contributed by atoms with E-state index in [0.717, 1.165) is 38.5 Å². The molecular weight excluding hydrogens is 531 g/mol. The van der Waals surface area contributed by atoms with E-state index in [1.54, 1.807) is 24.3 Å². The van der Waals surface area contributed by atoms with Crippen LogP contribution in [0.4, 0.5) is 4.39 Å². The summed E-state index contributed by atoms with van der Waals surface area (Å²) in [4.78, 5) is 23.9. The Balaban J connectivity index is 1.48. The number of Topliss-reactive ketones (excluding diaryl/α,β-unsaturated/α-hetero) is 1. The first-order valence-corrected chi connectivity index (χ1v) is 14.7. The lowest BCUT2D eigenvalue weighted by atomic mass is 9.90. The van der Waals surface area contributed by atoms with Crippen molar-refractivity contribution in [3.05, 3.63) is 60.1 Å². The number of carbonyl (C=O) groups is 2. The van der Waals surface area contributed by atoms with Crippen LogP contribution in [0.5, 0.6) is 5.75 Å². The van der Waals surface area contributed by atoms with Crippen LogP contribution in [0.2, 0.25) is 0 Å². The number of allylic oxidation sites excluding steroid dienone is 1. The second kappa shape index (κ2) is 16.6. The summed E-state index contributed by atoms with van der Waals surface area (Å²) in [6, 6.07) is 5.97. The van der Waals surface area contributed by atoms with E-state index in [0.29, 0.717) is 31.8 Å². The summed E-state index contributed by atoms with van der Waals surface area (Å²) in [5.74, 6) is -1.28. The van der Waals surface area contributed by atoms with Crippen molar-refractivity contribution in [2.75, 3.05) is 19.8 Å². The van der Waals surface area contributed by atoms with Crippen LogP contribution in [0.1, 0.15) is 64.2 Å². The SMILES string of the molecule is O=C(O)CCC=C=CC[C@H]1C(=O)CC(OC2CCCCO2)[C@@H]1C=CC(COc1cccc(F)c1)OC1CCCCO1. The van der Waals surface area contributed by atoms with Crippen LogP contribution in [0.25, 0.3) is 0 Å². The van der Waals surface area contributed by atoms with Gasteiger partial charge in [-0.2, -0.15) is 0 Å². The third-order valence-electron chi connectivity index (χ3n) is 7.51. The zero-order valence-electron chi connectivity index (χ0n) is 23.5. The molecular formula is C32H41FO8. The summed E-state index contributed by atoms with van der Waals surface area (Å²) < 4.78 is 43.7. The van der Waals surface area contributed by atoms with Crippen LogP contribution in [-0.2, 0) is 28.5 Å². The van der Waals surface area contributed by atoms with Crippen molar-refractivity contribution >= 4 is 11.8 Å². The van der Waals surface area contributed by atoms with E-state index < -0.39 is 12.1 Å². The van der Waals surface area contributed by atoms with E-state index in [1.807, 2.05) is 12.2 Å². The highest BCUT2D eigenvalue weighted by Crippen LogP contribution is 2.37. The highest BCUT2D eigenvalue weighted by atomic mass is 19.1. The lowest BCUT2D eigenvalue weighted by Crippen LogP contribution is -2.32. The molecule has 4 rings (SSSR count). The first-order chi connectivity index (χ1) is 20.0. The number of benzene rings is 1. The van der Waals surface area contributed by atoms with Crippen LogP contribution in [0.15, 0.2) is 54.3 Å². The van der Waals surface area contributed by atoms with Crippen LogP contribution in [0, 0.1) is 17.7 Å². The van der Waals surface area contributed by atoms with Crippen LogP contribution < -0.4 is 4.74 Å². The Hall–Kier alpha value is -2.81. The van der Waals surface area contributed by atoms with Gasteiger partial charge in [0.15, 0.2) is 12.6 Å². The molecule has 9 heteroatoms. The quantitative estimate of drug-likeness (QED) is 0.222. The van der Waals surface area contributed by atoms with Gasteiger partial charge in [0, 0.05) is 44.0 Å². The van der Waals surface area contributed by atoms with Gasteiger partial charge in [-0.05, 0) is 75.7 Å². The summed E-state index contributed by atoms with van der Waals surface area (Å²) in [6.45, 7) is 1.43. The Morgan fingerprint density at radius 2 is 1.90 bits per heavy atom. The van der Waals surface area contributed by atoms with Crippen LogP contribution in [0.3, 0.4) is 0 Å². The van der Waals surface area contributed by atoms with Crippen LogP contribution >= 0.6 is 0 Å². The zero-order chi connectivity index (χ0) is 28.9. The Morgan fingerprint density at radius 3 is 2.61 bits per heavy atom. The number of carboxylic acids is 1. The third-order valence-corrected chi connectivity index (χ3v) is 7.51. The molecule has 1 aromatic rings. The van der Waals surface area contributed by atoms with E-state index in [9.17, 15) is 14.0 Å². The molecule has 41 heavy (non-hydrogen) atoms. The van der Waals surface area contributed by atoms with Gasteiger partial charge >= 0.3 is 5.97 Å². The predicted molar refractivity (Wildman–Crippen MR) is 149 cm³/mol. The summed E-state index contributed by atoms with van der Waals surface area (Å²) in [7, 11) is 0. The Labute approximate surface area is 241 Å². The summed E-state index contributed by atoms with van der Waals surface area (Å²) >= 11 is 0. The fourth-order valence-electron chi connectivity index (χ4n) is 5.36. The lowest BCUT2D eigenvalue weighted by molar-refractivity contribution is -0.192.